The fraction of sp³-hybridized carbons (Fsp3) is 0.750. The molecule has 14 heavy (non-hydrogen) atoms. The van der Waals surface area contributed by atoms with E-state index >= 15 is 0 Å². The van der Waals surface area contributed by atoms with Gasteiger partial charge in [0.15, 0.2) is 0 Å². The normalized spacial score (nSPS) is 17.4. The maximum atomic E-state index is 11.9. The summed E-state index contributed by atoms with van der Waals surface area (Å²) in [6.07, 6.45) is 6.71. The van der Waals surface area contributed by atoms with Gasteiger partial charge in [-0.3, -0.25) is 4.79 Å². The fourth-order valence-corrected chi connectivity index (χ4v) is 2.11. The second kappa shape index (κ2) is 5.18. The van der Waals surface area contributed by atoms with E-state index in [9.17, 15) is 4.79 Å². The predicted molar refractivity (Wildman–Crippen MR) is 59.0 cm³/mol. The number of rotatable bonds is 4. The first-order valence-electron chi connectivity index (χ1n) is 5.58. The van der Waals surface area contributed by atoms with Crippen molar-refractivity contribution in [1.29, 1.82) is 0 Å². The summed E-state index contributed by atoms with van der Waals surface area (Å²) in [5.74, 6) is 0.382. The van der Waals surface area contributed by atoms with E-state index in [0.29, 0.717) is 12.6 Å². The highest BCUT2D eigenvalue weighted by molar-refractivity contribution is 5.78. The Hall–Kier alpha value is -0.790. The molecule has 80 valence electrons. The highest BCUT2D eigenvalue weighted by Gasteiger charge is 2.26. The van der Waals surface area contributed by atoms with E-state index in [1.54, 1.807) is 0 Å². The van der Waals surface area contributed by atoms with Crippen molar-refractivity contribution in [3.8, 4) is 0 Å². The first kappa shape index (κ1) is 11.3. The lowest BCUT2D eigenvalue weighted by Crippen LogP contribution is -2.41. The molecule has 0 aromatic rings. The molecule has 0 atom stereocenters. The van der Waals surface area contributed by atoms with Crippen LogP contribution in [-0.4, -0.2) is 23.4 Å². The van der Waals surface area contributed by atoms with Crippen molar-refractivity contribution < 1.29 is 4.79 Å². The minimum absolute atomic E-state index is 0.107. The Morgan fingerprint density at radius 3 is 2.50 bits per heavy atom. The van der Waals surface area contributed by atoms with Crippen molar-refractivity contribution in [2.45, 2.75) is 45.6 Å². The quantitative estimate of drug-likeness (QED) is 0.631. The zero-order valence-corrected chi connectivity index (χ0v) is 9.33. The van der Waals surface area contributed by atoms with Crippen LogP contribution in [0.25, 0.3) is 0 Å². The van der Waals surface area contributed by atoms with Crippen LogP contribution in [-0.2, 0) is 4.79 Å². The van der Waals surface area contributed by atoms with Gasteiger partial charge >= 0.3 is 0 Å². The molecule has 0 aromatic carbocycles. The molecule has 1 aliphatic carbocycles. The maximum Gasteiger partial charge on any atom is 0.225 e. The number of amides is 1. The molecule has 0 heterocycles. The number of nitrogens with zero attached hydrogens (tertiary/aromatic N) is 1. The summed E-state index contributed by atoms with van der Waals surface area (Å²) in [4.78, 5) is 13.9. The second-order valence-electron chi connectivity index (χ2n) is 4.37. The molecule has 1 fully saturated rings. The summed E-state index contributed by atoms with van der Waals surface area (Å²) in [6, 6.07) is 0.475. The summed E-state index contributed by atoms with van der Waals surface area (Å²) in [5.41, 5.74) is 0. The molecule has 1 amide bonds. The molecule has 1 saturated carbocycles. The van der Waals surface area contributed by atoms with Gasteiger partial charge < -0.3 is 4.90 Å². The Balaban J connectivity index is 2.61. The van der Waals surface area contributed by atoms with Crippen LogP contribution in [0.1, 0.15) is 39.5 Å². The van der Waals surface area contributed by atoms with Crippen LogP contribution < -0.4 is 0 Å². The molecule has 2 nitrogen and oxygen atoms in total. The van der Waals surface area contributed by atoms with Crippen molar-refractivity contribution >= 4 is 5.91 Å². The van der Waals surface area contributed by atoms with Crippen LogP contribution in [0.5, 0.6) is 0 Å². The zero-order chi connectivity index (χ0) is 10.6. The van der Waals surface area contributed by atoms with E-state index in [1.165, 1.54) is 25.7 Å². The molecule has 0 unspecified atom stereocenters. The monoisotopic (exact) mass is 195 g/mol. The van der Waals surface area contributed by atoms with E-state index in [1.807, 2.05) is 24.8 Å². The van der Waals surface area contributed by atoms with Crippen molar-refractivity contribution in [1.82, 2.24) is 4.90 Å². The Morgan fingerprint density at radius 1 is 1.50 bits per heavy atom. The highest BCUT2D eigenvalue weighted by Crippen LogP contribution is 2.24. The van der Waals surface area contributed by atoms with Crippen molar-refractivity contribution in [2.24, 2.45) is 5.92 Å². The molecule has 0 saturated heterocycles. The van der Waals surface area contributed by atoms with Crippen LogP contribution in [0.2, 0.25) is 0 Å². The van der Waals surface area contributed by atoms with Crippen molar-refractivity contribution in [3.05, 3.63) is 12.7 Å². The molecule has 0 bridgehead atoms. The van der Waals surface area contributed by atoms with Gasteiger partial charge in [0.25, 0.3) is 0 Å². The molecule has 0 radical (unpaired) electrons. The summed E-state index contributed by atoms with van der Waals surface area (Å²) < 4.78 is 0. The Bertz CT molecular complexity index is 204. The van der Waals surface area contributed by atoms with E-state index in [2.05, 4.69) is 6.58 Å². The van der Waals surface area contributed by atoms with Gasteiger partial charge in [0.05, 0.1) is 0 Å². The minimum Gasteiger partial charge on any atom is -0.336 e. The maximum absolute atomic E-state index is 11.9. The average Bonchev–Trinajstić information content (AvgIpc) is 2.65. The number of carbonyl (C=O) groups excluding carboxylic acids is 1. The van der Waals surface area contributed by atoms with Crippen LogP contribution in [0.3, 0.4) is 0 Å². The first-order chi connectivity index (χ1) is 6.66. The van der Waals surface area contributed by atoms with E-state index in [-0.39, 0.29) is 11.8 Å². The van der Waals surface area contributed by atoms with Crippen LogP contribution in [0.4, 0.5) is 0 Å². The van der Waals surface area contributed by atoms with Crippen molar-refractivity contribution in [2.75, 3.05) is 6.54 Å². The summed E-state index contributed by atoms with van der Waals surface area (Å²) in [6.45, 7) is 8.36. The molecule has 0 spiro atoms. The molecule has 1 aliphatic rings. The van der Waals surface area contributed by atoms with E-state index < -0.39 is 0 Å². The molecule has 2 heteroatoms. The molecular formula is C12H21NO. The second-order valence-corrected chi connectivity index (χ2v) is 4.37. The Labute approximate surface area is 87.0 Å². The third-order valence-corrected chi connectivity index (χ3v) is 2.87. The smallest absolute Gasteiger partial charge is 0.225 e. The third kappa shape index (κ3) is 2.60. The average molecular weight is 195 g/mol. The number of hydrogen-bond donors (Lipinski definition) is 0. The molecule has 0 aromatic heterocycles. The van der Waals surface area contributed by atoms with E-state index in [0.717, 1.165) is 0 Å². The van der Waals surface area contributed by atoms with Gasteiger partial charge in [0.1, 0.15) is 0 Å². The van der Waals surface area contributed by atoms with Gasteiger partial charge in [0.2, 0.25) is 5.91 Å². The van der Waals surface area contributed by atoms with Gasteiger partial charge in [-0.05, 0) is 12.8 Å². The van der Waals surface area contributed by atoms with Gasteiger partial charge in [0, 0.05) is 18.5 Å². The lowest BCUT2D eigenvalue weighted by Gasteiger charge is -2.29. The topological polar surface area (TPSA) is 20.3 Å². The third-order valence-electron chi connectivity index (χ3n) is 2.87. The van der Waals surface area contributed by atoms with Crippen LogP contribution in [0, 0.1) is 5.92 Å². The first-order valence-corrected chi connectivity index (χ1v) is 5.58. The Kier molecular flexibility index (Phi) is 4.18. The standard InChI is InChI=1S/C12H21NO/c1-4-9-13(12(14)10(2)3)11-7-5-6-8-11/h4,10-11H,1,5-9H2,2-3H3. The van der Waals surface area contributed by atoms with Gasteiger partial charge in [-0.1, -0.05) is 32.8 Å². The lowest BCUT2D eigenvalue weighted by atomic mass is 10.1. The minimum atomic E-state index is 0.107. The fourth-order valence-electron chi connectivity index (χ4n) is 2.11. The van der Waals surface area contributed by atoms with E-state index in [4.69, 9.17) is 0 Å². The van der Waals surface area contributed by atoms with Gasteiger partial charge in [-0.25, -0.2) is 0 Å². The summed E-state index contributed by atoms with van der Waals surface area (Å²) in [7, 11) is 0. The lowest BCUT2D eigenvalue weighted by molar-refractivity contribution is -0.136. The zero-order valence-electron chi connectivity index (χ0n) is 9.33. The van der Waals surface area contributed by atoms with Gasteiger partial charge in [-0.15, -0.1) is 6.58 Å². The number of hydrogen-bond acceptors (Lipinski definition) is 1. The Morgan fingerprint density at radius 2 is 2.07 bits per heavy atom. The van der Waals surface area contributed by atoms with Crippen LogP contribution >= 0.6 is 0 Å². The molecule has 1 rings (SSSR count). The van der Waals surface area contributed by atoms with Crippen molar-refractivity contribution in [3.63, 3.8) is 0 Å². The summed E-state index contributed by atoms with van der Waals surface area (Å²) >= 11 is 0. The largest absolute Gasteiger partial charge is 0.336 e. The molecular weight excluding hydrogens is 174 g/mol. The summed E-state index contributed by atoms with van der Waals surface area (Å²) in [5, 5.41) is 0. The molecule has 0 N–H and O–H groups in total. The molecule has 0 aliphatic heterocycles. The highest BCUT2D eigenvalue weighted by atomic mass is 16.2. The van der Waals surface area contributed by atoms with Crippen LogP contribution in [0.15, 0.2) is 12.7 Å². The SMILES string of the molecule is C=CCN(C(=O)C(C)C)C1CCCC1. The predicted octanol–water partition coefficient (Wildman–Crippen LogP) is 2.60. The van der Waals surface area contributed by atoms with Gasteiger partial charge in [-0.2, -0.15) is 0 Å². The number of carbonyl (C=O) groups is 1.